The number of benzene rings is 2. The first kappa shape index (κ1) is 12.7. The Bertz CT molecular complexity index is 753. The average molecular weight is 286 g/mol. The molecule has 22 heavy (non-hydrogen) atoms. The van der Waals surface area contributed by atoms with Gasteiger partial charge in [0.15, 0.2) is 0 Å². The van der Waals surface area contributed by atoms with E-state index in [1.807, 2.05) is 0 Å². The van der Waals surface area contributed by atoms with Crippen molar-refractivity contribution in [2.45, 2.75) is 43.9 Å². The minimum atomic E-state index is 0.493. The molecule has 2 aromatic carbocycles. The van der Waals surface area contributed by atoms with Crippen molar-refractivity contribution in [2.75, 3.05) is 0 Å². The number of allylic oxidation sites excluding steroid dienone is 2. The molecule has 0 amide bonds. The molecule has 0 aromatic heterocycles. The highest BCUT2D eigenvalue weighted by Crippen LogP contribution is 2.58. The molecule has 0 heteroatoms. The van der Waals surface area contributed by atoms with Crippen LogP contribution in [0.4, 0.5) is 0 Å². The van der Waals surface area contributed by atoms with Crippen molar-refractivity contribution in [3.63, 3.8) is 0 Å². The van der Waals surface area contributed by atoms with E-state index in [9.17, 15) is 0 Å². The third-order valence-corrected chi connectivity index (χ3v) is 6.34. The lowest BCUT2D eigenvalue weighted by Gasteiger charge is -2.41. The SMILES string of the molecule is C1=C2CC(C1)C1(CCCc3cc(-c4ccccc4)ccc31)C2. The van der Waals surface area contributed by atoms with E-state index in [-0.39, 0.29) is 0 Å². The third kappa shape index (κ3) is 1.70. The van der Waals surface area contributed by atoms with Crippen LogP contribution >= 0.6 is 0 Å². The zero-order valence-electron chi connectivity index (χ0n) is 13.0. The van der Waals surface area contributed by atoms with Crippen molar-refractivity contribution in [3.05, 3.63) is 71.3 Å². The van der Waals surface area contributed by atoms with Gasteiger partial charge in [-0.05, 0) is 66.7 Å². The van der Waals surface area contributed by atoms with Gasteiger partial charge in [0.25, 0.3) is 0 Å². The summed E-state index contributed by atoms with van der Waals surface area (Å²) in [6, 6.07) is 18.1. The molecular formula is C22H22. The van der Waals surface area contributed by atoms with Gasteiger partial charge in [0, 0.05) is 5.41 Å². The lowest BCUT2D eigenvalue weighted by molar-refractivity contribution is 0.270. The molecule has 3 aliphatic carbocycles. The highest BCUT2D eigenvalue weighted by Gasteiger charge is 2.49. The molecule has 0 nitrogen and oxygen atoms in total. The molecule has 0 aliphatic heterocycles. The quantitative estimate of drug-likeness (QED) is 0.593. The van der Waals surface area contributed by atoms with E-state index in [0.29, 0.717) is 5.41 Å². The minimum absolute atomic E-state index is 0.493. The fraction of sp³-hybridized carbons (Fsp3) is 0.364. The number of hydrogen-bond acceptors (Lipinski definition) is 0. The molecule has 2 aromatic rings. The van der Waals surface area contributed by atoms with Gasteiger partial charge in [0.1, 0.15) is 0 Å². The smallest absolute Gasteiger partial charge is 0.00272 e. The molecule has 2 unspecified atom stereocenters. The van der Waals surface area contributed by atoms with Crippen LogP contribution in [0.1, 0.15) is 43.2 Å². The Morgan fingerprint density at radius 3 is 2.64 bits per heavy atom. The molecule has 1 saturated carbocycles. The Morgan fingerprint density at radius 2 is 1.86 bits per heavy atom. The van der Waals surface area contributed by atoms with E-state index in [1.165, 1.54) is 49.7 Å². The van der Waals surface area contributed by atoms with E-state index in [4.69, 9.17) is 0 Å². The fourth-order valence-electron chi connectivity index (χ4n) is 5.34. The first-order valence-corrected chi connectivity index (χ1v) is 8.72. The monoisotopic (exact) mass is 286 g/mol. The predicted molar refractivity (Wildman–Crippen MR) is 91.9 cm³/mol. The summed E-state index contributed by atoms with van der Waals surface area (Å²) in [7, 11) is 0. The Hall–Kier alpha value is -1.82. The fourth-order valence-corrected chi connectivity index (χ4v) is 5.34. The van der Waals surface area contributed by atoms with Crippen molar-refractivity contribution in [1.82, 2.24) is 0 Å². The third-order valence-electron chi connectivity index (χ3n) is 6.34. The zero-order valence-corrected chi connectivity index (χ0v) is 13.0. The van der Waals surface area contributed by atoms with Crippen LogP contribution in [-0.2, 0) is 11.8 Å². The molecule has 3 aliphatic rings. The maximum atomic E-state index is 2.52. The maximum Gasteiger partial charge on any atom is 0.00272 e. The Kier molecular flexibility index (Phi) is 2.65. The van der Waals surface area contributed by atoms with Crippen LogP contribution in [0.25, 0.3) is 11.1 Å². The van der Waals surface area contributed by atoms with Crippen LogP contribution in [0.2, 0.25) is 0 Å². The van der Waals surface area contributed by atoms with E-state index >= 15 is 0 Å². The summed E-state index contributed by atoms with van der Waals surface area (Å²) >= 11 is 0. The van der Waals surface area contributed by atoms with Crippen molar-refractivity contribution >= 4 is 0 Å². The van der Waals surface area contributed by atoms with Gasteiger partial charge in [-0.1, -0.05) is 60.2 Å². The number of aryl methyl sites for hydroxylation is 1. The van der Waals surface area contributed by atoms with Crippen molar-refractivity contribution < 1.29 is 0 Å². The summed E-state index contributed by atoms with van der Waals surface area (Å²) in [6.45, 7) is 0. The maximum absolute atomic E-state index is 2.52. The van der Waals surface area contributed by atoms with Gasteiger partial charge >= 0.3 is 0 Å². The average Bonchev–Trinajstić information content (AvgIpc) is 3.17. The molecule has 0 heterocycles. The van der Waals surface area contributed by atoms with E-state index in [0.717, 1.165) is 5.92 Å². The second kappa shape index (κ2) is 4.59. The first-order valence-electron chi connectivity index (χ1n) is 8.72. The molecule has 1 spiro atoms. The number of hydrogen-bond donors (Lipinski definition) is 0. The van der Waals surface area contributed by atoms with E-state index < -0.39 is 0 Å². The van der Waals surface area contributed by atoms with Gasteiger partial charge in [0.2, 0.25) is 0 Å². The standard InChI is InChI=1S/C22H22/c1-2-5-17(6-3-1)18-9-11-21-19(14-18)7-4-12-22(21)15-16-8-10-20(22)13-16/h1-3,5-6,8-9,11,14,20H,4,7,10,12-13,15H2. The summed E-state index contributed by atoms with van der Waals surface area (Å²) < 4.78 is 0. The van der Waals surface area contributed by atoms with Gasteiger partial charge in [-0.25, -0.2) is 0 Å². The summed E-state index contributed by atoms with van der Waals surface area (Å²) in [5.74, 6) is 0.893. The predicted octanol–water partition coefficient (Wildman–Crippen LogP) is 5.67. The van der Waals surface area contributed by atoms with Crippen LogP contribution in [0.5, 0.6) is 0 Å². The largest absolute Gasteiger partial charge is 0.0850 e. The lowest BCUT2D eigenvalue weighted by Crippen LogP contribution is -2.35. The molecule has 110 valence electrons. The molecule has 0 radical (unpaired) electrons. The zero-order chi connectivity index (χ0) is 14.6. The second-order valence-electron chi connectivity index (χ2n) is 7.42. The van der Waals surface area contributed by atoms with Crippen LogP contribution < -0.4 is 0 Å². The number of rotatable bonds is 1. The highest BCUT2D eigenvalue weighted by atomic mass is 14.5. The summed E-state index contributed by atoms with van der Waals surface area (Å²) in [6.07, 6.45) is 10.6. The van der Waals surface area contributed by atoms with Crippen molar-refractivity contribution in [2.24, 2.45) is 5.92 Å². The molecular weight excluding hydrogens is 264 g/mol. The van der Waals surface area contributed by atoms with E-state index in [1.54, 1.807) is 16.7 Å². The molecule has 2 bridgehead atoms. The van der Waals surface area contributed by atoms with Crippen LogP contribution in [0.3, 0.4) is 0 Å². The first-order chi connectivity index (χ1) is 10.9. The van der Waals surface area contributed by atoms with Gasteiger partial charge in [0.05, 0.1) is 0 Å². The summed E-state index contributed by atoms with van der Waals surface area (Å²) in [4.78, 5) is 0. The second-order valence-corrected chi connectivity index (χ2v) is 7.42. The van der Waals surface area contributed by atoms with Gasteiger partial charge in [-0.15, -0.1) is 0 Å². The van der Waals surface area contributed by atoms with Crippen LogP contribution in [0, 0.1) is 5.92 Å². The molecule has 1 fully saturated rings. The summed E-state index contributed by atoms with van der Waals surface area (Å²) in [5.41, 5.74) is 8.28. The lowest BCUT2D eigenvalue weighted by atomic mass is 9.62. The minimum Gasteiger partial charge on any atom is -0.0850 e. The topological polar surface area (TPSA) is 0 Å². The molecule has 2 atom stereocenters. The molecule has 5 rings (SSSR count). The van der Waals surface area contributed by atoms with Gasteiger partial charge < -0.3 is 0 Å². The van der Waals surface area contributed by atoms with Gasteiger partial charge in [-0.3, -0.25) is 0 Å². The van der Waals surface area contributed by atoms with Crippen LogP contribution in [-0.4, -0.2) is 0 Å². The Balaban J connectivity index is 1.61. The Labute approximate surface area is 132 Å². The highest BCUT2D eigenvalue weighted by molar-refractivity contribution is 5.65. The molecule has 0 N–H and O–H groups in total. The Morgan fingerprint density at radius 1 is 0.955 bits per heavy atom. The number of fused-ring (bicyclic) bond motifs is 5. The van der Waals surface area contributed by atoms with Crippen molar-refractivity contribution in [3.8, 4) is 11.1 Å². The normalized spacial score (nSPS) is 28.7. The van der Waals surface area contributed by atoms with Crippen molar-refractivity contribution in [1.29, 1.82) is 0 Å². The summed E-state index contributed by atoms with van der Waals surface area (Å²) in [5, 5.41) is 0. The molecule has 0 saturated heterocycles. The van der Waals surface area contributed by atoms with Crippen LogP contribution in [0.15, 0.2) is 60.2 Å². The van der Waals surface area contributed by atoms with E-state index in [2.05, 4.69) is 54.6 Å². The van der Waals surface area contributed by atoms with Gasteiger partial charge in [-0.2, -0.15) is 0 Å².